The second-order valence-electron chi connectivity index (χ2n) is 2.05. The molecule has 1 atom stereocenters. The molecule has 58 valence electrons. The average molecular weight is 145 g/mol. The summed E-state index contributed by atoms with van der Waals surface area (Å²) >= 11 is 0. The smallest absolute Gasteiger partial charge is 0.376 e. The Labute approximate surface area is 59.3 Å². The lowest BCUT2D eigenvalue weighted by molar-refractivity contribution is -0.141. The molecule has 0 rings (SSSR count). The predicted molar refractivity (Wildman–Crippen MR) is 35.1 cm³/mol. The minimum atomic E-state index is -1.04. The largest absolute Gasteiger partial charge is 0.412 e. The van der Waals surface area contributed by atoms with E-state index in [9.17, 15) is 9.59 Å². The molecule has 0 saturated heterocycles. The molecule has 0 aliphatic rings. The minimum absolute atomic E-state index is 0.257. The first-order chi connectivity index (χ1) is 4.57. The lowest BCUT2D eigenvalue weighted by Gasteiger charge is -2.03. The van der Waals surface area contributed by atoms with Gasteiger partial charge in [-0.15, -0.1) is 0 Å². The number of hydrogen-bond donors (Lipinski definition) is 1. The Bertz CT molecular complexity index is 144. The summed E-state index contributed by atoms with van der Waals surface area (Å²) < 4.78 is 4.10. The Morgan fingerprint density at radius 2 is 2.10 bits per heavy atom. The molecule has 0 spiro atoms. The van der Waals surface area contributed by atoms with Gasteiger partial charge in [-0.05, 0) is 6.42 Å². The van der Waals surface area contributed by atoms with E-state index < -0.39 is 12.1 Å². The number of hydrogen-bond acceptors (Lipinski definition) is 3. The van der Waals surface area contributed by atoms with E-state index in [1.807, 2.05) is 6.92 Å². The summed E-state index contributed by atoms with van der Waals surface area (Å²) in [6.07, 6.45) is -0.392. The van der Waals surface area contributed by atoms with Crippen LogP contribution in [0.4, 0.5) is 4.79 Å². The van der Waals surface area contributed by atoms with Crippen molar-refractivity contribution < 1.29 is 14.3 Å². The van der Waals surface area contributed by atoms with Crippen LogP contribution >= 0.6 is 0 Å². The summed E-state index contributed by atoms with van der Waals surface area (Å²) in [5.41, 5.74) is 4.60. The van der Waals surface area contributed by atoms with Gasteiger partial charge in [-0.2, -0.15) is 0 Å². The summed E-state index contributed by atoms with van der Waals surface area (Å²) in [7, 11) is 0. The summed E-state index contributed by atoms with van der Waals surface area (Å²) in [6.45, 7) is 3.50. The summed E-state index contributed by atoms with van der Waals surface area (Å²) in [6, 6.07) is 0. The summed E-state index contributed by atoms with van der Waals surface area (Å²) in [4.78, 5) is 20.7. The van der Waals surface area contributed by atoms with Gasteiger partial charge in [0.05, 0.1) is 5.92 Å². The first kappa shape index (κ1) is 8.94. The number of carbonyl (C=O) groups is 2. The van der Waals surface area contributed by atoms with Gasteiger partial charge in [0.1, 0.15) is 0 Å². The summed E-state index contributed by atoms with van der Waals surface area (Å²) in [5, 5.41) is 0. The molecule has 0 aromatic heterocycles. The first-order valence-corrected chi connectivity index (χ1v) is 3.09. The fraction of sp³-hybridized carbons (Fsp3) is 0.667. The van der Waals surface area contributed by atoms with Crippen molar-refractivity contribution in [2.45, 2.75) is 20.3 Å². The fourth-order valence-electron chi connectivity index (χ4n) is 0.366. The molecule has 0 radical (unpaired) electrons. The molecule has 0 fully saturated rings. The van der Waals surface area contributed by atoms with Crippen LogP contribution in [-0.4, -0.2) is 12.1 Å². The maximum atomic E-state index is 10.7. The molecule has 0 saturated carbocycles. The second kappa shape index (κ2) is 3.87. The Kier molecular flexibility index (Phi) is 3.46. The van der Waals surface area contributed by atoms with Crippen LogP contribution in [0, 0.1) is 5.92 Å². The van der Waals surface area contributed by atoms with Crippen molar-refractivity contribution in [3.8, 4) is 0 Å². The van der Waals surface area contributed by atoms with Crippen molar-refractivity contribution in [2.24, 2.45) is 11.7 Å². The Morgan fingerprint density at radius 1 is 1.60 bits per heavy atom. The van der Waals surface area contributed by atoms with Crippen LogP contribution < -0.4 is 5.73 Å². The van der Waals surface area contributed by atoms with E-state index in [1.165, 1.54) is 0 Å². The zero-order chi connectivity index (χ0) is 8.15. The van der Waals surface area contributed by atoms with E-state index in [4.69, 9.17) is 0 Å². The van der Waals surface area contributed by atoms with Crippen molar-refractivity contribution in [2.75, 3.05) is 0 Å². The molecule has 0 aliphatic heterocycles. The van der Waals surface area contributed by atoms with Crippen LogP contribution in [0.15, 0.2) is 0 Å². The standard InChI is InChI=1S/C6H11NO3/c1-3-4(2)5(8)10-6(7)9/h4H,3H2,1-2H3,(H2,7,9). The normalized spacial score (nSPS) is 12.2. The highest BCUT2D eigenvalue weighted by Gasteiger charge is 2.13. The second-order valence-corrected chi connectivity index (χ2v) is 2.05. The number of rotatable bonds is 2. The first-order valence-electron chi connectivity index (χ1n) is 3.09. The fourth-order valence-corrected chi connectivity index (χ4v) is 0.366. The van der Waals surface area contributed by atoms with Crippen LogP contribution in [0.3, 0.4) is 0 Å². The van der Waals surface area contributed by atoms with E-state index >= 15 is 0 Å². The third-order valence-electron chi connectivity index (χ3n) is 1.22. The zero-order valence-corrected chi connectivity index (χ0v) is 6.09. The van der Waals surface area contributed by atoms with E-state index in [0.29, 0.717) is 6.42 Å². The van der Waals surface area contributed by atoms with Gasteiger partial charge in [0, 0.05) is 0 Å². The Hall–Kier alpha value is -1.06. The monoisotopic (exact) mass is 145 g/mol. The maximum Gasteiger partial charge on any atom is 0.412 e. The third kappa shape index (κ3) is 3.06. The third-order valence-corrected chi connectivity index (χ3v) is 1.22. The molecular formula is C6H11NO3. The number of primary amides is 1. The lowest BCUT2D eigenvalue weighted by Crippen LogP contribution is -2.22. The Morgan fingerprint density at radius 3 is 2.40 bits per heavy atom. The lowest BCUT2D eigenvalue weighted by atomic mass is 10.1. The molecule has 0 aromatic carbocycles. The highest BCUT2D eigenvalue weighted by atomic mass is 16.6. The van der Waals surface area contributed by atoms with Crippen LogP contribution in [-0.2, 0) is 9.53 Å². The molecule has 0 aromatic rings. The van der Waals surface area contributed by atoms with Gasteiger partial charge in [-0.3, -0.25) is 4.79 Å². The van der Waals surface area contributed by atoms with Crippen LogP contribution in [0.25, 0.3) is 0 Å². The molecule has 1 amide bonds. The van der Waals surface area contributed by atoms with Gasteiger partial charge in [-0.1, -0.05) is 13.8 Å². The highest BCUT2D eigenvalue weighted by Crippen LogP contribution is 2.02. The van der Waals surface area contributed by atoms with Gasteiger partial charge in [0.25, 0.3) is 0 Å². The summed E-state index contributed by atoms with van der Waals surface area (Å²) in [5.74, 6) is -0.817. The van der Waals surface area contributed by atoms with Crippen molar-refractivity contribution in [3.05, 3.63) is 0 Å². The van der Waals surface area contributed by atoms with Crippen LogP contribution in [0.5, 0.6) is 0 Å². The average Bonchev–Trinajstić information content (AvgIpc) is 1.85. The van der Waals surface area contributed by atoms with Gasteiger partial charge in [0.15, 0.2) is 0 Å². The maximum absolute atomic E-state index is 10.7. The number of nitrogens with two attached hydrogens (primary N) is 1. The van der Waals surface area contributed by atoms with Gasteiger partial charge in [0.2, 0.25) is 0 Å². The van der Waals surface area contributed by atoms with Gasteiger partial charge < -0.3 is 10.5 Å². The van der Waals surface area contributed by atoms with Crippen molar-refractivity contribution in [3.63, 3.8) is 0 Å². The molecule has 10 heavy (non-hydrogen) atoms. The number of amides is 1. The topological polar surface area (TPSA) is 69.4 Å². The Balaban J connectivity index is 3.73. The minimum Gasteiger partial charge on any atom is -0.376 e. The van der Waals surface area contributed by atoms with Crippen LogP contribution in [0.1, 0.15) is 20.3 Å². The molecular weight excluding hydrogens is 134 g/mol. The van der Waals surface area contributed by atoms with Gasteiger partial charge >= 0.3 is 12.1 Å². The predicted octanol–water partition coefficient (Wildman–Crippen LogP) is 0.654. The van der Waals surface area contributed by atoms with Crippen molar-refractivity contribution in [1.82, 2.24) is 0 Å². The van der Waals surface area contributed by atoms with Crippen LogP contribution in [0.2, 0.25) is 0 Å². The van der Waals surface area contributed by atoms with E-state index in [-0.39, 0.29) is 5.92 Å². The quantitative estimate of drug-likeness (QED) is 0.458. The van der Waals surface area contributed by atoms with Crippen molar-refractivity contribution in [1.29, 1.82) is 0 Å². The van der Waals surface area contributed by atoms with E-state index in [1.54, 1.807) is 6.92 Å². The molecule has 4 nitrogen and oxygen atoms in total. The van der Waals surface area contributed by atoms with E-state index in [2.05, 4.69) is 10.5 Å². The molecule has 0 bridgehead atoms. The number of esters is 1. The zero-order valence-electron chi connectivity index (χ0n) is 6.09. The molecule has 2 N–H and O–H groups in total. The molecule has 4 heteroatoms. The number of ether oxygens (including phenoxy) is 1. The SMILES string of the molecule is CCC(C)C(=O)OC(N)=O. The van der Waals surface area contributed by atoms with Gasteiger partial charge in [-0.25, -0.2) is 4.79 Å². The molecule has 0 aliphatic carbocycles. The van der Waals surface area contributed by atoms with Crippen molar-refractivity contribution >= 4 is 12.1 Å². The number of carbonyl (C=O) groups excluding carboxylic acids is 2. The molecule has 0 heterocycles. The molecule has 1 unspecified atom stereocenters. The van der Waals surface area contributed by atoms with E-state index in [0.717, 1.165) is 0 Å². The highest BCUT2D eigenvalue weighted by molar-refractivity contribution is 5.84.